The fraction of sp³-hybridized carbons (Fsp3) is 0.364. The molecule has 2 rings (SSSR count). The van der Waals surface area contributed by atoms with E-state index in [4.69, 9.17) is 17.1 Å². The fourth-order valence-electron chi connectivity index (χ4n) is 1.96. The lowest BCUT2D eigenvalue weighted by Crippen LogP contribution is -2.24. The van der Waals surface area contributed by atoms with Crippen molar-refractivity contribution in [1.29, 1.82) is 0 Å². The average Bonchev–Trinajstić information content (AvgIpc) is 2.71. The van der Waals surface area contributed by atoms with E-state index in [-0.39, 0.29) is 11.8 Å². The van der Waals surface area contributed by atoms with Crippen molar-refractivity contribution < 1.29 is 4.79 Å². The molecule has 0 aromatic heterocycles. The maximum absolute atomic E-state index is 11.9. The Morgan fingerprint density at radius 2 is 2.39 bits per heavy atom. The SMILES string of the molecule is [N-]=[N+]=NCC1CC(=O)N(c2ccc(Br)c(Cl)c2)C1. The van der Waals surface area contributed by atoms with Crippen molar-refractivity contribution in [2.24, 2.45) is 11.0 Å². The van der Waals surface area contributed by atoms with Gasteiger partial charge in [0, 0.05) is 34.6 Å². The number of nitrogens with zero attached hydrogens (tertiary/aromatic N) is 4. The predicted octanol–water partition coefficient (Wildman–Crippen LogP) is 3.77. The molecule has 0 saturated carbocycles. The molecular weight excluding hydrogens is 320 g/mol. The largest absolute Gasteiger partial charge is 0.312 e. The van der Waals surface area contributed by atoms with Gasteiger partial charge in [0.15, 0.2) is 0 Å². The molecule has 1 aliphatic heterocycles. The van der Waals surface area contributed by atoms with Crippen LogP contribution >= 0.6 is 27.5 Å². The molecule has 1 fully saturated rings. The van der Waals surface area contributed by atoms with Gasteiger partial charge in [0.05, 0.1) is 5.02 Å². The molecule has 1 amide bonds. The van der Waals surface area contributed by atoms with Crippen LogP contribution < -0.4 is 4.90 Å². The van der Waals surface area contributed by atoms with Crippen molar-refractivity contribution >= 4 is 39.1 Å². The van der Waals surface area contributed by atoms with Crippen LogP contribution in [0.25, 0.3) is 10.4 Å². The van der Waals surface area contributed by atoms with Crippen LogP contribution in [-0.2, 0) is 4.79 Å². The molecule has 1 unspecified atom stereocenters. The number of rotatable bonds is 3. The van der Waals surface area contributed by atoms with Crippen LogP contribution in [0.1, 0.15) is 6.42 Å². The standard InChI is InChI=1S/C11H10BrClN4O/c12-9-2-1-8(4-10(9)13)17-6-7(3-11(17)18)5-15-16-14/h1-2,4,7H,3,5-6H2. The average molecular weight is 330 g/mol. The van der Waals surface area contributed by atoms with Gasteiger partial charge < -0.3 is 4.90 Å². The number of hydrogen-bond acceptors (Lipinski definition) is 2. The molecule has 0 N–H and O–H groups in total. The van der Waals surface area contributed by atoms with Gasteiger partial charge in [-0.25, -0.2) is 0 Å². The van der Waals surface area contributed by atoms with Gasteiger partial charge in [0.25, 0.3) is 0 Å². The topological polar surface area (TPSA) is 69.1 Å². The Morgan fingerprint density at radius 3 is 3.06 bits per heavy atom. The summed E-state index contributed by atoms with van der Waals surface area (Å²) in [5, 5.41) is 4.08. The van der Waals surface area contributed by atoms with Crippen molar-refractivity contribution in [3.05, 3.63) is 38.1 Å². The van der Waals surface area contributed by atoms with Crippen LogP contribution in [0.5, 0.6) is 0 Å². The number of azide groups is 1. The molecule has 0 bridgehead atoms. The van der Waals surface area contributed by atoms with E-state index in [1.807, 2.05) is 12.1 Å². The first-order valence-corrected chi connectivity index (χ1v) is 6.55. The number of halogens is 2. The monoisotopic (exact) mass is 328 g/mol. The van der Waals surface area contributed by atoms with Gasteiger partial charge in [0.2, 0.25) is 5.91 Å². The highest BCUT2D eigenvalue weighted by Gasteiger charge is 2.30. The van der Waals surface area contributed by atoms with Gasteiger partial charge >= 0.3 is 0 Å². The smallest absolute Gasteiger partial charge is 0.227 e. The molecule has 0 spiro atoms. The van der Waals surface area contributed by atoms with E-state index in [9.17, 15) is 4.79 Å². The zero-order valence-corrected chi connectivity index (χ0v) is 11.7. The summed E-state index contributed by atoms with van der Waals surface area (Å²) < 4.78 is 0.796. The maximum Gasteiger partial charge on any atom is 0.227 e. The predicted molar refractivity (Wildman–Crippen MR) is 73.6 cm³/mol. The first kappa shape index (κ1) is 13.2. The lowest BCUT2D eigenvalue weighted by molar-refractivity contribution is -0.117. The van der Waals surface area contributed by atoms with Gasteiger partial charge in [-0.05, 0) is 45.6 Å². The molecule has 7 heteroatoms. The summed E-state index contributed by atoms with van der Waals surface area (Å²) in [5.74, 6) is 0.113. The summed E-state index contributed by atoms with van der Waals surface area (Å²) in [6.07, 6.45) is 0.409. The number of amides is 1. The Kier molecular flexibility index (Phi) is 4.11. The van der Waals surface area contributed by atoms with Crippen molar-refractivity contribution in [3.8, 4) is 0 Å². The Bertz CT molecular complexity index is 530. The highest BCUT2D eigenvalue weighted by Crippen LogP contribution is 2.31. The second-order valence-corrected chi connectivity index (χ2v) is 5.35. The van der Waals surface area contributed by atoms with Crippen molar-refractivity contribution in [2.75, 3.05) is 18.0 Å². The van der Waals surface area contributed by atoms with E-state index in [1.165, 1.54) is 0 Å². The van der Waals surface area contributed by atoms with E-state index in [1.54, 1.807) is 11.0 Å². The number of benzene rings is 1. The molecule has 0 aliphatic carbocycles. The lowest BCUT2D eigenvalue weighted by Gasteiger charge is -2.17. The van der Waals surface area contributed by atoms with Crippen LogP contribution in [0.2, 0.25) is 5.02 Å². The van der Waals surface area contributed by atoms with Gasteiger partial charge in [0.1, 0.15) is 0 Å². The fourth-order valence-corrected chi connectivity index (χ4v) is 2.38. The van der Waals surface area contributed by atoms with E-state index >= 15 is 0 Å². The van der Waals surface area contributed by atoms with E-state index in [0.29, 0.717) is 24.5 Å². The Labute approximate surface area is 117 Å². The molecule has 94 valence electrons. The molecule has 1 atom stereocenters. The van der Waals surface area contributed by atoms with E-state index < -0.39 is 0 Å². The maximum atomic E-state index is 11.9. The van der Waals surface area contributed by atoms with Gasteiger partial charge in [-0.2, -0.15) is 0 Å². The number of anilines is 1. The quantitative estimate of drug-likeness (QED) is 0.473. The molecular formula is C11H10BrClN4O. The van der Waals surface area contributed by atoms with Crippen molar-refractivity contribution in [2.45, 2.75) is 6.42 Å². The van der Waals surface area contributed by atoms with Crippen LogP contribution in [0.4, 0.5) is 5.69 Å². The molecule has 1 saturated heterocycles. The second kappa shape index (κ2) is 5.61. The van der Waals surface area contributed by atoms with E-state index in [2.05, 4.69) is 26.0 Å². The first-order chi connectivity index (χ1) is 8.61. The summed E-state index contributed by atoms with van der Waals surface area (Å²) in [4.78, 5) is 16.3. The first-order valence-electron chi connectivity index (χ1n) is 5.38. The van der Waals surface area contributed by atoms with Gasteiger partial charge in [-0.3, -0.25) is 4.79 Å². The molecule has 1 aromatic carbocycles. The molecule has 1 aliphatic rings. The molecule has 1 heterocycles. The normalized spacial score (nSPS) is 18.9. The Hall–Kier alpha value is -1.23. The third-order valence-corrected chi connectivity index (χ3v) is 4.06. The van der Waals surface area contributed by atoms with Crippen LogP contribution in [0.15, 0.2) is 27.8 Å². The molecule has 0 radical (unpaired) electrons. The van der Waals surface area contributed by atoms with Gasteiger partial charge in [-0.1, -0.05) is 16.7 Å². The number of carbonyl (C=O) groups excluding carboxylic acids is 1. The highest BCUT2D eigenvalue weighted by atomic mass is 79.9. The summed E-state index contributed by atoms with van der Waals surface area (Å²) in [5.41, 5.74) is 9.05. The summed E-state index contributed by atoms with van der Waals surface area (Å²) in [6, 6.07) is 5.40. The third-order valence-electron chi connectivity index (χ3n) is 2.82. The minimum atomic E-state index is 0.0338. The van der Waals surface area contributed by atoms with Crippen LogP contribution in [0.3, 0.4) is 0 Å². The third kappa shape index (κ3) is 2.77. The minimum absolute atomic E-state index is 0.0338. The number of hydrogen-bond donors (Lipinski definition) is 0. The lowest BCUT2D eigenvalue weighted by atomic mass is 10.1. The second-order valence-electron chi connectivity index (χ2n) is 4.09. The van der Waals surface area contributed by atoms with Crippen molar-refractivity contribution in [3.63, 3.8) is 0 Å². The molecule has 5 nitrogen and oxygen atoms in total. The summed E-state index contributed by atoms with van der Waals surface area (Å²) in [7, 11) is 0. The summed E-state index contributed by atoms with van der Waals surface area (Å²) >= 11 is 9.32. The molecule has 1 aromatic rings. The number of carbonyl (C=O) groups is 1. The van der Waals surface area contributed by atoms with E-state index in [0.717, 1.165) is 10.2 Å². The van der Waals surface area contributed by atoms with Gasteiger partial charge in [-0.15, -0.1) is 0 Å². The van der Waals surface area contributed by atoms with Crippen LogP contribution in [-0.4, -0.2) is 19.0 Å². The molecule has 18 heavy (non-hydrogen) atoms. The van der Waals surface area contributed by atoms with Crippen molar-refractivity contribution in [1.82, 2.24) is 0 Å². The minimum Gasteiger partial charge on any atom is -0.312 e. The summed E-state index contributed by atoms with van der Waals surface area (Å²) in [6.45, 7) is 0.915. The van der Waals surface area contributed by atoms with Crippen LogP contribution in [0, 0.1) is 5.92 Å². The Balaban J connectivity index is 2.16. The Morgan fingerprint density at radius 1 is 1.61 bits per heavy atom. The zero-order valence-electron chi connectivity index (χ0n) is 9.38. The zero-order chi connectivity index (χ0) is 13.1. The highest BCUT2D eigenvalue weighted by molar-refractivity contribution is 9.10.